The Kier molecular flexibility index (Phi) is 7.02. The van der Waals surface area contributed by atoms with Crippen LogP contribution in [0.25, 0.3) is 0 Å². The third-order valence-corrected chi connectivity index (χ3v) is 4.88. The Labute approximate surface area is 127 Å². The van der Waals surface area contributed by atoms with Crippen molar-refractivity contribution in [3.05, 3.63) is 40.3 Å². The lowest BCUT2D eigenvalue weighted by atomic mass is 10.4. The standard InChI is InChI=1S/C12H15BrClNO3S/c1-2-3-7-18-8-6-15-19(16,17)10-4-5-12(14)11(13)9-10/h2,4-5,9,15H,1,3,6-8H2. The Morgan fingerprint density at radius 2 is 2.16 bits per heavy atom. The first-order chi connectivity index (χ1) is 8.97. The molecule has 0 aromatic heterocycles. The molecule has 0 amide bonds. The lowest BCUT2D eigenvalue weighted by molar-refractivity contribution is 0.144. The molecule has 0 fully saturated rings. The lowest BCUT2D eigenvalue weighted by Gasteiger charge is -2.08. The number of halogens is 2. The fourth-order valence-corrected chi connectivity index (χ4v) is 2.93. The van der Waals surface area contributed by atoms with Crippen LogP contribution in [-0.4, -0.2) is 28.2 Å². The number of hydrogen-bond donors (Lipinski definition) is 1. The fraction of sp³-hybridized carbons (Fsp3) is 0.333. The van der Waals surface area contributed by atoms with E-state index in [-0.39, 0.29) is 11.4 Å². The highest BCUT2D eigenvalue weighted by molar-refractivity contribution is 9.10. The summed E-state index contributed by atoms with van der Waals surface area (Å²) in [6, 6.07) is 4.44. The lowest BCUT2D eigenvalue weighted by Crippen LogP contribution is -2.27. The van der Waals surface area contributed by atoms with E-state index in [0.717, 1.165) is 6.42 Å². The van der Waals surface area contributed by atoms with Crippen molar-refractivity contribution >= 4 is 37.6 Å². The predicted molar refractivity (Wildman–Crippen MR) is 80.0 cm³/mol. The van der Waals surface area contributed by atoms with E-state index < -0.39 is 10.0 Å². The van der Waals surface area contributed by atoms with Gasteiger partial charge in [-0.15, -0.1) is 6.58 Å². The molecule has 1 aromatic carbocycles. The van der Waals surface area contributed by atoms with Gasteiger partial charge in [-0.05, 0) is 40.5 Å². The van der Waals surface area contributed by atoms with E-state index >= 15 is 0 Å². The Balaban J connectivity index is 2.51. The number of benzene rings is 1. The third kappa shape index (κ3) is 5.62. The van der Waals surface area contributed by atoms with Crippen molar-refractivity contribution in [2.45, 2.75) is 11.3 Å². The van der Waals surface area contributed by atoms with Gasteiger partial charge in [-0.3, -0.25) is 0 Å². The second-order valence-electron chi connectivity index (χ2n) is 3.66. The molecule has 0 saturated heterocycles. The van der Waals surface area contributed by atoms with E-state index in [2.05, 4.69) is 27.2 Å². The second kappa shape index (κ2) is 8.01. The van der Waals surface area contributed by atoms with Crippen molar-refractivity contribution in [3.63, 3.8) is 0 Å². The van der Waals surface area contributed by atoms with Crippen LogP contribution in [0, 0.1) is 0 Å². The van der Waals surface area contributed by atoms with Gasteiger partial charge in [-0.1, -0.05) is 17.7 Å². The van der Waals surface area contributed by atoms with Gasteiger partial charge in [-0.25, -0.2) is 13.1 Å². The van der Waals surface area contributed by atoms with E-state index in [4.69, 9.17) is 16.3 Å². The average Bonchev–Trinajstić information content (AvgIpc) is 2.36. The van der Waals surface area contributed by atoms with Gasteiger partial charge in [0.2, 0.25) is 10.0 Å². The Morgan fingerprint density at radius 1 is 1.42 bits per heavy atom. The van der Waals surface area contributed by atoms with Crippen LogP contribution in [-0.2, 0) is 14.8 Å². The van der Waals surface area contributed by atoms with Crippen LogP contribution >= 0.6 is 27.5 Å². The van der Waals surface area contributed by atoms with Gasteiger partial charge >= 0.3 is 0 Å². The van der Waals surface area contributed by atoms with E-state index in [1.807, 2.05) is 0 Å². The molecule has 106 valence electrons. The molecule has 19 heavy (non-hydrogen) atoms. The normalized spacial score (nSPS) is 11.5. The zero-order chi connectivity index (χ0) is 14.3. The molecule has 1 aromatic rings. The quantitative estimate of drug-likeness (QED) is 0.567. The summed E-state index contributed by atoms with van der Waals surface area (Å²) in [5.41, 5.74) is 0. The highest BCUT2D eigenvalue weighted by Gasteiger charge is 2.14. The SMILES string of the molecule is C=CCCOCCNS(=O)(=O)c1ccc(Cl)c(Br)c1. The first-order valence-corrected chi connectivity index (χ1v) is 8.26. The summed E-state index contributed by atoms with van der Waals surface area (Å²) in [7, 11) is -3.53. The second-order valence-corrected chi connectivity index (χ2v) is 6.69. The van der Waals surface area contributed by atoms with E-state index in [9.17, 15) is 8.42 Å². The number of ether oxygens (including phenoxy) is 1. The molecule has 1 N–H and O–H groups in total. The summed E-state index contributed by atoms with van der Waals surface area (Å²) in [4.78, 5) is 0.162. The van der Waals surface area contributed by atoms with Crippen LogP contribution in [0.5, 0.6) is 0 Å². The molecule has 0 unspecified atom stereocenters. The zero-order valence-electron chi connectivity index (χ0n) is 10.2. The summed E-state index contributed by atoms with van der Waals surface area (Å²) in [6.07, 6.45) is 2.49. The summed E-state index contributed by atoms with van der Waals surface area (Å²) < 4.78 is 32.1. The van der Waals surface area contributed by atoms with Crippen molar-refractivity contribution in [1.82, 2.24) is 4.72 Å². The third-order valence-electron chi connectivity index (χ3n) is 2.21. The summed E-state index contributed by atoms with van der Waals surface area (Å²) >= 11 is 9.01. The zero-order valence-corrected chi connectivity index (χ0v) is 13.4. The minimum atomic E-state index is -3.53. The Hall–Kier alpha value is -0.400. The molecule has 0 spiro atoms. The molecule has 0 heterocycles. The van der Waals surface area contributed by atoms with Crippen LogP contribution in [0.2, 0.25) is 5.02 Å². The first kappa shape index (κ1) is 16.7. The van der Waals surface area contributed by atoms with Crippen molar-refractivity contribution in [3.8, 4) is 0 Å². The number of nitrogens with one attached hydrogen (secondary N) is 1. The van der Waals surface area contributed by atoms with Crippen LogP contribution in [0.15, 0.2) is 40.2 Å². The fourth-order valence-electron chi connectivity index (χ4n) is 1.24. The van der Waals surface area contributed by atoms with Gasteiger partial charge in [0.1, 0.15) is 0 Å². The summed E-state index contributed by atoms with van der Waals surface area (Å²) in [6.45, 7) is 4.65. The average molecular weight is 369 g/mol. The van der Waals surface area contributed by atoms with Gasteiger partial charge in [0.25, 0.3) is 0 Å². The summed E-state index contributed by atoms with van der Waals surface area (Å²) in [5.74, 6) is 0. The Morgan fingerprint density at radius 3 is 2.79 bits per heavy atom. The molecule has 0 saturated carbocycles. The minimum Gasteiger partial charge on any atom is -0.380 e. The van der Waals surface area contributed by atoms with Crippen LogP contribution in [0.3, 0.4) is 0 Å². The van der Waals surface area contributed by atoms with Gasteiger partial charge < -0.3 is 4.74 Å². The monoisotopic (exact) mass is 367 g/mol. The maximum absolute atomic E-state index is 11.9. The molecule has 0 radical (unpaired) electrons. The maximum Gasteiger partial charge on any atom is 0.240 e. The van der Waals surface area contributed by atoms with Gasteiger partial charge in [0.05, 0.1) is 23.1 Å². The molecular formula is C12H15BrClNO3S. The molecule has 0 aliphatic carbocycles. The predicted octanol–water partition coefficient (Wildman–Crippen LogP) is 2.97. The van der Waals surface area contributed by atoms with E-state index in [1.165, 1.54) is 18.2 Å². The van der Waals surface area contributed by atoms with Gasteiger partial charge in [0, 0.05) is 11.0 Å². The van der Waals surface area contributed by atoms with E-state index in [1.54, 1.807) is 6.08 Å². The highest BCUT2D eigenvalue weighted by atomic mass is 79.9. The topological polar surface area (TPSA) is 55.4 Å². The van der Waals surface area contributed by atoms with Crippen molar-refractivity contribution in [1.29, 1.82) is 0 Å². The maximum atomic E-state index is 11.9. The van der Waals surface area contributed by atoms with Gasteiger partial charge in [0.15, 0.2) is 0 Å². The molecule has 4 nitrogen and oxygen atoms in total. The van der Waals surface area contributed by atoms with Gasteiger partial charge in [-0.2, -0.15) is 0 Å². The van der Waals surface area contributed by atoms with Crippen LogP contribution in [0.4, 0.5) is 0 Å². The molecule has 0 atom stereocenters. The highest BCUT2D eigenvalue weighted by Crippen LogP contribution is 2.25. The first-order valence-electron chi connectivity index (χ1n) is 5.60. The minimum absolute atomic E-state index is 0.162. The largest absolute Gasteiger partial charge is 0.380 e. The van der Waals surface area contributed by atoms with Crippen molar-refractivity contribution in [2.75, 3.05) is 19.8 Å². The Bertz CT molecular complexity index is 534. The smallest absolute Gasteiger partial charge is 0.240 e. The molecule has 0 bridgehead atoms. The molecule has 0 aliphatic rings. The number of sulfonamides is 1. The van der Waals surface area contributed by atoms with Crippen molar-refractivity contribution in [2.24, 2.45) is 0 Å². The molecule has 7 heteroatoms. The summed E-state index contributed by atoms with van der Waals surface area (Å²) in [5, 5.41) is 0.465. The molecule has 1 rings (SSSR count). The van der Waals surface area contributed by atoms with Crippen molar-refractivity contribution < 1.29 is 13.2 Å². The number of hydrogen-bond acceptors (Lipinski definition) is 3. The van der Waals surface area contributed by atoms with Crippen LogP contribution in [0.1, 0.15) is 6.42 Å². The molecular weight excluding hydrogens is 354 g/mol. The van der Waals surface area contributed by atoms with E-state index in [0.29, 0.717) is 22.7 Å². The van der Waals surface area contributed by atoms with Crippen LogP contribution < -0.4 is 4.72 Å². The number of rotatable bonds is 8. The molecule has 0 aliphatic heterocycles.